The monoisotopic (exact) mass is 734 g/mol. The summed E-state index contributed by atoms with van der Waals surface area (Å²) in [5.74, 6) is -1.35. The molecule has 1 unspecified atom stereocenters. The van der Waals surface area contributed by atoms with Crippen molar-refractivity contribution in [1.29, 1.82) is 0 Å². The standard InChI is InChI=1S/C36H34ClF3N8O4/c1-17-20(7-6-10-23(17)43-30-28-31(46-34(45-30)36(38,39)40)47(2)35(51)48(3)33(28)50)21-8-5-9-22(29(21)37)25-15-18-11-13-24(27(18)32(44-25)52-4)41-16-19-12-14-26(49)42-19/h5-10,15,19,24,41H,11-14,16H2,1-4H3,(H,42,49)(H,43,45,46)/t19-,24?/m1/s1. The number of carbonyl (C=O) groups excluding carboxylic acids is 1. The second-order valence-corrected chi connectivity index (χ2v) is 13.3. The molecule has 7 rings (SSSR count). The molecule has 1 saturated heterocycles. The fraction of sp³-hybridized carbons (Fsp3) is 0.333. The van der Waals surface area contributed by atoms with E-state index in [1.54, 1.807) is 26.2 Å². The van der Waals surface area contributed by atoms with Crippen LogP contribution >= 0.6 is 11.6 Å². The molecule has 3 N–H and O–H groups in total. The lowest BCUT2D eigenvalue weighted by atomic mass is 9.96. The topological polar surface area (TPSA) is 145 Å². The van der Waals surface area contributed by atoms with E-state index in [0.29, 0.717) is 57.5 Å². The number of aryl methyl sites for hydroxylation is 2. The summed E-state index contributed by atoms with van der Waals surface area (Å²) in [5, 5.41) is 9.60. The van der Waals surface area contributed by atoms with E-state index in [9.17, 15) is 27.6 Å². The number of aromatic nitrogens is 5. The Hall–Kier alpha value is -5.28. The molecule has 16 heteroatoms. The predicted octanol–water partition coefficient (Wildman–Crippen LogP) is 5.34. The largest absolute Gasteiger partial charge is 0.481 e. The van der Waals surface area contributed by atoms with Crippen LogP contribution in [0.2, 0.25) is 5.02 Å². The van der Waals surface area contributed by atoms with Crippen molar-refractivity contribution in [2.75, 3.05) is 19.0 Å². The molecule has 1 aliphatic carbocycles. The van der Waals surface area contributed by atoms with Gasteiger partial charge in [-0.05, 0) is 55.0 Å². The molecule has 1 amide bonds. The van der Waals surface area contributed by atoms with E-state index in [-0.39, 0.29) is 23.4 Å². The van der Waals surface area contributed by atoms with Gasteiger partial charge < -0.3 is 20.7 Å². The van der Waals surface area contributed by atoms with Gasteiger partial charge in [-0.3, -0.25) is 18.7 Å². The van der Waals surface area contributed by atoms with Crippen LogP contribution in [0.5, 0.6) is 5.88 Å². The first kappa shape index (κ1) is 35.1. The zero-order valence-corrected chi connectivity index (χ0v) is 29.4. The van der Waals surface area contributed by atoms with Crippen molar-refractivity contribution in [2.24, 2.45) is 14.1 Å². The van der Waals surface area contributed by atoms with Gasteiger partial charge in [0.05, 0.1) is 17.8 Å². The highest BCUT2D eigenvalue weighted by Gasteiger charge is 2.37. The number of rotatable bonds is 8. The van der Waals surface area contributed by atoms with E-state index in [1.165, 1.54) is 14.1 Å². The van der Waals surface area contributed by atoms with Crippen molar-refractivity contribution in [3.63, 3.8) is 0 Å². The van der Waals surface area contributed by atoms with Crippen LogP contribution in [0.3, 0.4) is 0 Å². The normalized spacial score (nSPS) is 17.0. The minimum atomic E-state index is -4.95. The van der Waals surface area contributed by atoms with E-state index in [0.717, 1.165) is 39.5 Å². The Bertz CT molecular complexity index is 2390. The summed E-state index contributed by atoms with van der Waals surface area (Å²) in [6.07, 6.45) is -1.98. The molecule has 12 nitrogen and oxygen atoms in total. The first-order valence-electron chi connectivity index (χ1n) is 16.6. The van der Waals surface area contributed by atoms with Crippen LogP contribution in [0.1, 0.15) is 47.8 Å². The van der Waals surface area contributed by atoms with Crippen LogP contribution in [-0.2, 0) is 31.5 Å². The SMILES string of the molecule is COc1nc(-c2cccc(-c3cccc(Nc4nc(C(F)(F)F)nc5c4c(=O)n(C)c(=O)n5C)c3C)c2Cl)cc2c1C(NC[C@H]1CCC(=O)N1)CC2. The van der Waals surface area contributed by atoms with Gasteiger partial charge in [-0.25, -0.2) is 19.7 Å². The fourth-order valence-corrected chi connectivity index (χ4v) is 7.35. The number of halogens is 4. The van der Waals surface area contributed by atoms with Gasteiger partial charge in [0.25, 0.3) is 5.56 Å². The van der Waals surface area contributed by atoms with Gasteiger partial charge in [0.1, 0.15) is 11.2 Å². The van der Waals surface area contributed by atoms with E-state index in [4.69, 9.17) is 21.3 Å². The Labute approximate surface area is 300 Å². The van der Waals surface area contributed by atoms with E-state index in [1.807, 2.05) is 30.3 Å². The number of hydrogen-bond donors (Lipinski definition) is 3. The summed E-state index contributed by atoms with van der Waals surface area (Å²) >= 11 is 7.12. The molecule has 0 bridgehead atoms. The average Bonchev–Trinajstić information content (AvgIpc) is 3.74. The number of carbonyl (C=O) groups is 1. The van der Waals surface area contributed by atoms with Gasteiger partial charge in [0.15, 0.2) is 5.65 Å². The van der Waals surface area contributed by atoms with E-state index < -0.39 is 34.7 Å². The van der Waals surface area contributed by atoms with Gasteiger partial charge in [-0.1, -0.05) is 41.9 Å². The molecule has 3 aromatic heterocycles. The summed E-state index contributed by atoms with van der Waals surface area (Å²) in [5.41, 5.74) is 3.48. The molecule has 4 heterocycles. The van der Waals surface area contributed by atoms with Crippen LogP contribution in [0.4, 0.5) is 24.7 Å². The number of ether oxygens (including phenoxy) is 1. The second-order valence-electron chi connectivity index (χ2n) is 13.0. The number of alkyl halides is 3. The van der Waals surface area contributed by atoms with Crippen LogP contribution < -0.4 is 31.9 Å². The number of benzene rings is 2. The minimum Gasteiger partial charge on any atom is -0.481 e. The molecule has 0 radical (unpaired) electrons. The number of nitrogens with one attached hydrogen (secondary N) is 3. The molecule has 2 atom stereocenters. The Morgan fingerprint density at radius 1 is 0.981 bits per heavy atom. The third kappa shape index (κ3) is 6.17. The molecule has 5 aromatic rings. The Morgan fingerprint density at radius 3 is 2.42 bits per heavy atom. The molecular weight excluding hydrogens is 701 g/mol. The number of pyridine rings is 1. The molecule has 2 aliphatic rings. The number of methoxy groups -OCH3 is 1. The maximum absolute atomic E-state index is 13.9. The molecule has 0 saturated carbocycles. The fourth-order valence-electron chi connectivity index (χ4n) is 7.02. The van der Waals surface area contributed by atoms with Crippen molar-refractivity contribution in [3.8, 4) is 28.3 Å². The van der Waals surface area contributed by atoms with Gasteiger partial charge in [0.2, 0.25) is 17.6 Å². The van der Waals surface area contributed by atoms with Crippen molar-refractivity contribution in [2.45, 2.75) is 50.9 Å². The number of amides is 1. The van der Waals surface area contributed by atoms with Crippen LogP contribution in [0.25, 0.3) is 33.4 Å². The van der Waals surface area contributed by atoms with Crippen molar-refractivity contribution in [3.05, 3.63) is 90.8 Å². The van der Waals surface area contributed by atoms with Gasteiger partial charge in [-0.2, -0.15) is 13.2 Å². The summed E-state index contributed by atoms with van der Waals surface area (Å²) in [4.78, 5) is 49.5. The smallest absolute Gasteiger partial charge is 0.451 e. The second kappa shape index (κ2) is 13.4. The maximum Gasteiger partial charge on any atom is 0.451 e. The lowest BCUT2D eigenvalue weighted by Crippen LogP contribution is -2.38. The average molecular weight is 735 g/mol. The minimum absolute atomic E-state index is 0.0213. The Morgan fingerprint density at radius 2 is 1.71 bits per heavy atom. The summed E-state index contributed by atoms with van der Waals surface area (Å²) < 4.78 is 49.2. The summed E-state index contributed by atoms with van der Waals surface area (Å²) in [6.45, 7) is 2.42. The van der Waals surface area contributed by atoms with Crippen molar-refractivity contribution < 1.29 is 22.7 Å². The molecular formula is C36H34ClF3N8O4. The summed E-state index contributed by atoms with van der Waals surface area (Å²) in [6, 6.07) is 12.8. The highest BCUT2D eigenvalue weighted by atomic mass is 35.5. The highest BCUT2D eigenvalue weighted by molar-refractivity contribution is 6.36. The van der Waals surface area contributed by atoms with Crippen LogP contribution in [-0.4, -0.2) is 49.7 Å². The molecule has 0 spiro atoms. The molecule has 1 aliphatic heterocycles. The zero-order valence-electron chi connectivity index (χ0n) is 28.6. The number of nitrogens with zero attached hydrogens (tertiary/aromatic N) is 5. The maximum atomic E-state index is 13.9. The molecule has 52 heavy (non-hydrogen) atoms. The number of hydrogen-bond acceptors (Lipinski definition) is 9. The lowest BCUT2D eigenvalue weighted by molar-refractivity contribution is -0.144. The van der Waals surface area contributed by atoms with Crippen LogP contribution in [0.15, 0.2) is 52.1 Å². The first-order chi connectivity index (χ1) is 24.8. The van der Waals surface area contributed by atoms with Crippen molar-refractivity contribution in [1.82, 2.24) is 34.7 Å². The van der Waals surface area contributed by atoms with Crippen molar-refractivity contribution >= 4 is 40.0 Å². The zero-order chi connectivity index (χ0) is 37.1. The highest BCUT2D eigenvalue weighted by Crippen LogP contribution is 2.43. The third-order valence-corrected chi connectivity index (χ3v) is 10.2. The van der Waals surface area contributed by atoms with Gasteiger partial charge in [0, 0.05) is 61.5 Å². The first-order valence-corrected chi connectivity index (χ1v) is 17.0. The quantitative estimate of drug-likeness (QED) is 0.192. The molecule has 2 aromatic carbocycles. The van der Waals surface area contributed by atoms with E-state index in [2.05, 4.69) is 25.9 Å². The Balaban J connectivity index is 1.25. The number of anilines is 2. The number of fused-ring (bicyclic) bond motifs is 2. The Kier molecular flexibility index (Phi) is 9.03. The van der Waals surface area contributed by atoms with Crippen LogP contribution in [0, 0.1) is 6.92 Å². The molecule has 1 fully saturated rings. The molecule has 270 valence electrons. The van der Waals surface area contributed by atoms with E-state index >= 15 is 0 Å². The lowest BCUT2D eigenvalue weighted by Gasteiger charge is -2.20. The van der Waals surface area contributed by atoms with Gasteiger partial charge in [-0.15, -0.1) is 0 Å². The predicted molar refractivity (Wildman–Crippen MR) is 190 cm³/mol. The van der Waals surface area contributed by atoms with Gasteiger partial charge >= 0.3 is 11.9 Å². The summed E-state index contributed by atoms with van der Waals surface area (Å²) in [7, 11) is 4.04. The third-order valence-electron chi connectivity index (χ3n) is 9.75.